The van der Waals surface area contributed by atoms with Gasteiger partial charge in [-0.3, -0.25) is 9.59 Å². The van der Waals surface area contributed by atoms with Crippen LogP contribution < -0.4 is 11.5 Å². The molecular weight excluding hydrogens is 366 g/mol. The largest absolute Gasteiger partial charge is 0.452 e. The maximum Gasteiger partial charge on any atom is 0.340 e. The van der Waals surface area contributed by atoms with Gasteiger partial charge in [-0.15, -0.1) is 0 Å². The molecule has 0 radical (unpaired) electrons. The lowest BCUT2D eigenvalue weighted by molar-refractivity contribution is -0.137. The van der Waals surface area contributed by atoms with Crippen LogP contribution in [0.5, 0.6) is 0 Å². The summed E-state index contributed by atoms with van der Waals surface area (Å²) in [7, 11) is 0. The van der Waals surface area contributed by atoms with E-state index < -0.39 is 5.97 Å². The molecule has 0 aliphatic carbocycles. The maximum absolute atomic E-state index is 12.1. The maximum atomic E-state index is 12.1. The minimum atomic E-state index is -0.649. The van der Waals surface area contributed by atoms with Crippen molar-refractivity contribution in [3.63, 3.8) is 0 Å². The first-order chi connectivity index (χ1) is 10.9. The third kappa shape index (κ3) is 4.44. The molecule has 8 heteroatoms. The van der Waals surface area contributed by atoms with E-state index in [4.69, 9.17) is 16.2 Å². The van der Waals surface area contributed by atoms with E-state index in [0.29, 0.717) is 30.4 Å². The summed E-state index contributed by atoms with van der Waals surface area (Å²) in [4.78, 5) is 36.7. The second kappa shape index (κ2) is 7.45. The predicted octanol–water partition coefficient (Wildman–Crippen LogP) is 0.912. The van der Waals surface area contributed by atoms with E-state index in [1.54, 1.807) is 23.1 Å². The van der Waals surface area contributed by atoms with E-state index in [2.05, 4.69) is 15.9 Å². The minimum Gasteiger partial charge on any atom is -0.452 e. The smallest absolute Gasteiger partial charge is 0.340 e. The number of piperidine rings is 1. The average molecular weight is 384 g/mol. The van der Waals surface area contributed by atoms with Gasteiger partial charge in [-0.25, -0.2) is 4.79 Å². The van der Waals surface area contributed by atoms with Crippen molar-refractivity contribution in [2.24, 2.45) is 11.7 Å². The first-order valence-corrected chi connectivity index (χ1v) is 7.97. The highest BCUT2D eigenvalue weighted by Gasteiger charge is 2.26. The van der Waals surface area contributed by atoms with Gasteiger partial charge in [0.2, 0.25) is 5.91 Å². The predicted molar refractivity (Wildman–Crippen MR) is 87.3 cm³/mol. The number of carbonyl (C=O) groups excluding carboxylic acids is 3. The Balaban J connectivity index is 1.86. The van der Waals surface area contributed by atoms with Crippen molar-refractivity contribution in [1.29, 1.82) is 0 Å². The van der Waals surface area contributed by atoms with Crippen molar-refractivity contribution in [3.05, 3.63) is 28.2 Å². The highest BCUT2D eigenvalue weighted by Crippen LogP contribution is 2.20. The fourth-order valence-electron chi connectivity index (χ4n) is 2.42. The Morgan fingerprint density at radius 2 is 1.91 bits per heavy atom. The molecule has 7 nitrogen and oxygen atoms in total. The normalized spacial score (nSPS) is 15.3. The Labute approximate surface area is 142 Å². The molecule has 2 amide bonds. The monoisotopic (exact) mass is 383 g/mol. The van der Waals surface area contributed by atoms with Crippen molar-refractivity contribution < 1.29 is 19.1 Å². The minimum absolute atomic E-state index is 0.192. The van der Waals surface area contributed by atoms with Gasteiger partial charge in [-0.1, -0.05) is 15.9 Å². The number of hydrogen-bond acceptors (Lipinski definition) is 5. The molecule has 23 heavy (non-hydrogen) atoms. The van der Waals surface area contributed by atoms with Gasteiger partial charge < -0.3 is 21.1 Å². The first kappa shape index (κ1) is 17.3. The Morgan fingerprint density at radius 3 is 2.52 bits per heavy atom. The van der Waals surface area contributed by atoms with Gasteiger partial charge in [0.25, 0.3) is 5.91 Å². The number of nitrogens with zero attached hydrogens (tertiary/aromatic N) is 1. The number of halogens is 1. The first-order valence-electron chi connectivity index (χ1n) is 7.17. The van der Waals surface area contributed by atoms with Crippen molar-refractivity contribution >= 4 is 39.4 Å². The second-order valence-electron chi connectivity index (χ2n) is 5.37. The lowest BCUT2D eigenvalue weighted by atomic mass is 9.96. The molecule has 0 saturated carbocycles. The number of likely N-dealkylation sites (tertiary alicyclic amines) is 1. The third-order valence-electron chi connectivity index (χ3n) is 3.81. The van der Waals surface area contributed by atoms with Crippen molar-refractivity contribution in [3.8, 4) is 0 Å². The molecule has 1 saturated heterocycles. The van der Waals surface area contributed by atoms with Crippen LogP contribution in [0.2, 0.25) is 0 Å². The molecule has 1 aliphatic heterocycles. The van der Waals surface area contributed by atoms with E-state index in [1.165, 1.54) is 0 Å². The van der Waals surface area contributed by atoms with Crippen LogP contribution in [-0.2, 0) is 14.3 Å². The number of rotatable bonds is 4. The van der Waals surface area contributed by atoms with E-state index in [-0.39, 0.29) is 35.6 Å². The Hall–Kier alpha value is -2.09. The summed E-state index contributed by atoms with van der Waals surface area (Å²) in [6, 6.07) is 4.83. The molecule has 0 bridgehead atoms. The summed E-state index contributed by atoms with van der Waals surface area (Å²) in [6.45, 7) is 0.512. The number of amides is 2. The number of hydrogen-bond donors (Lipinski definition) is 2. The van der Waals surface area contributed by atoms with Crippen molar-refractivity contribution in [1.82, 2.24) is 4.90 Å². The summed E-state index contributed by atoms with van der Waals surface area (Å²) in [5.74, 6) is -1.48. The molecule has 4 N–H and O–H groups in total. The van der Waals surface area contributed by atoms with Crippen molar-refractivity contribution in [2.45, 2.75) is 12.8 Å². The number of primary amides is 1. The standard InChI is InChI=1S/C15H18BrN3O4/c16-10-1-2-12(17)11(7-10)15(22)23-8-13(20)19-5-3-9(4-6-19)14(18)21/h1-2,7,9H,3-6,8,17H2,(H2,18,21). The zero-order chi connectivity index (χ0) is 17.0. The average Bonchev–Trinajstić information content (AvgIpc) is 2.54. The fourth-order valence-corrected chi connectivity index (χ4v) is 2.78. The molecule has 1 heterocycles. The number of nitrogen functional groups attached to an aromatic ring is 1. The van der Waals surface area contributed by atoms with E-state index >= 15 is 0 Å². The van der Waals surface area contributed by atoms with E-state index in [0.717, 1.165) is 0 Å². The lowest BCUT2D eigenvalue weighted by Crippen LogP contribution is -2.43. The Bertz CT molecular complexity index is 627. The van der Waals surface area contributed by atoms with E-state index in [1.807, 2.05) is 0 Å². The summed E-state index contributed by atoms with van der Waals surface area (Å²) >= 11 is 3.25. The van der Waals surface area contributed by atoms with Crippen LogP contribution in [0.25, 0.3) is 0 Å². The highest BCUT2D eigenvalue weighted by molar-refractivity contribution is 9.10. The Kier molecular flexibility index (Phi) is 5.59. The summed E-state index contributed by atoms with van der Waals surface area (Å²) < 4.78 is 5.72. The lowest BCUT2D eigenvalue weighted by Gasteiger charge is -2.30. The zero-order valence-corrected chi connectivity index (χ0v) is 14.0. The van der Waals surface area contributed by atoms with Crippen LogP contribution in [0, 0.1) is 5.92 Å². The quantitative estimate of drug-likeness (QED) is 0.592. The van der Waals surface area contributed by atoms with Crippen LogP contribution in [0.4, 0.5) is 5.69 Å². The topological polar surface area (TPSA) is 116 Å². The van der Waals surface area contributed by atoms with Crippen LogP contribution in [0.1, 0.15) is 23.2 Å². The molecule has 2 rings (SSSR count). The number of ether oxygens (including phenoxy) is 1. The molecule has 1 aromatic rings. The Morgan fingerprint density at radius 1 is 1.26 bits per heavy atom. The third-order valence-corrected chi connectivity index (χ3v) is 4.31. The van der Waals surface area contributed by atoms with Crippen LogP contribution in [0.15, 0.2) is 22.7 Å². The second-order valence-corrected chi connectivity index (χ2v) is 6.28. The van der Waals surface area contributed by atoms with Crippen LogP contribution in [-0.4, -0.2) is 42.4 Å². The molecule has 0 aromatic heterocycles. The molecule has 1 fully saturated rings. The molecule has 0 spiro atoms. The van der Waals surface area contributed by atoms with Gasteiger partial charge in [-0.05, 0) is 31.0 Å². The van der Waals surface area contributed by atoms with Gasteiger partial charge in [0, 0.05) is 29.2 Å². The molecule has 0 unspecified atom stereocenters. The summed E-state index contributed by atoms with van der Waals surface area (Å²) in [5, 5.41) is 0. The van der Waals surface area contributed by atoms with Gasteiger partial charge in [0.1, 0.15) is 0 Å². The molecule has 124 valence electrons. The highest BCUT2D eigenvalue weighted by atomic mass is 79.9. The zero-order valence-electron chi connectivity index (χ0n) is 12.5. The molecule has 1 aliphatic rings. The van der Waals surface area contributed by atoms with Gasteiger partial charge in [0.15, 0.2) is 6.61 Å². The molecule has 1 aromatic carbocycles. The number of nitrogens with two attached hydrogens (primary N) is 2. The number of benzene rings is 1. The number of anilines is 1. The van der Waals surface area contributed by atoms with Gasteiger partial charge in [0.05, 0.1) is 5.56 Å². The molecule has 0 atom stereocenters. The SMILES string of the molecule is NC(=O)C1CCN(C(=O)COC(=O)c2cc(Br)ccc2N)CC1. The molecular formula is C15H18BrN3O4. The van der Waals surface area contributed by atoms with E-state index in [9.17, 15) is 14.4 Å². The van der Waals surface area contributed by atoms with Crippen LogP contribution >= 0.6 is 15.9 Å². The summed E-state index contributed by atoms with van der Waals surface area (Å²) in [5.41, 5.74) is 11.5. The van der Waals surface area contributed by atoms with Crippen molar-refractivity contribution in [2.75, 3.05) is 25.4 Å². The van der Waals surface area contributed by atoms with Gasteiger partial charge >= 0.3 is 5.97 Å². The van der Waals surface area contributed by atoms with Crippen LogP contribution in [0.3, 0.4) is 0 Å². The number of esters is 1. The fraction of sp³-hybridized carbons (Fsp3) is 0.400. The number of carbonyl (C=O) groups is 3. The summed E-state index contributed by atoms with van der Waals surface area (Å²) in [6.07, 6.45) is 1.07. The van der Waals surface area contributed by atoms with Gasteiger partial charge in [-0.2, -0.15) is 0 Å².